The summed E-state index contributed by atoms with van der Waals surface area (Å²) in [6, 6.07) is 9.11. The summed E-state index contributed by atoms with van der Waals surface area (Å²) in [4.78, 5) is 17.1. The van der Waals surface area contributed by atoms with E-state index in [4.69, 9.17) is 0 Å². The zero-order chi connectivity index (χ0) is 21.4. The van der Waals surface area contributed by atoms with E-state index in [1.165, 1.54) is 39.8 Å². The van der Waals surface area contributed by atoms with Crippen LogP contribution in [-0.2, 0) is 17.6 Å². The molecular formula is C27H34N2O. The van der Waals surface area contributed by atoms with Crippen LogP contribution in [0, 0.1) is 27.7 Å². The number of carbonyl (C=O) groups excluding carboxylic acids is 1. The smallest absolute Gasteiger partial charge is 0.230 e. The van der Waals surface area contributed by atoms with Gasteiger partial charge < -0.3 is 9.80 Å². The Kier molecular flexibility index (Phi) is 5.84. The highest BCUT2D eigenvalue weighted by Gasteiger charge is 2.27. The number of hydrogen-bond acceptors (Lipinski definition) is 2. The molecule has 158 valence electrons. The predicted octanol–water partition coefficient (Wildman–Crippen LogP) is 4.94. The lowest BCUT2D eigenvalue weighted by Gasteiger charge is -2.34. The molecule has 1 heterocycles. The third kappa shape index (κ3) is 4.22. The average Bonchev–Trinajstić information content (AvgIpc) is 2.83. The SMILES string of the molecule is Cc1cc2c(cc1C)CC(=O)N(CCCN(C)C[C@H]1Cc3cc(C)c(C)cc31)C=C2. The highest BCUT2D eigenvalue weighted by molar-refractivity contribution is 5.83. The lowest BCUT2D eigenvalue weighted by Crippen LogP contribution is -2.34. The fourth-order valence-corrected chi connectivity index (χ4v) is 4.76. The van der Waals surface area contributed by atoms with Gasteiger partial charge in [-0.1, -0.05) is 24.3 Å². The molecule has 1 aliphatic carbocycles. The molecule has 0 unspecified atom stereocenters. The normalized spacial score (nSPS) is 17.6. The van der Waals surface area contributed by atoms with E-state index in [1.54, 1.807) is 5.56 Å². The number of aryl methyl sites for hydroxylation is 4. The number of amides is 1. The molecule has 4 rings (SSSR count). The van der Waals surface area contributed by atoms with E-state index in [2.05, 4.69) is 70.0 Å². The molecule has 0 fully saturated rings. The first-order valence-electron chi connectivity index (χ1n) is 11.2. The third-order valence-corrected chi connectivity index (χ3v) is 6.98. The van der Waals surface area contributed by atoms with Gasteiger partial charge in [0.15, 0.2) is 0 Å². The van der Waals surface area contributed by atoms with Gasteiger partial charge in [0.2, 0.25) is 5.91 Å². The van der Waals surface area contributed by atoms with Crippen LogP contribution in [0.2, 0.25) is 0 Å². The van der Waals surface area contributed by atoms with Crippen molar-refractivity contribution in [1.82, 2.24) is 9.80 Å². The molecule has 0 saturated heterocycles. The molecular weight excluding hydrogens is 368 g/mol. The molecule has 0 aromatic heterocycles. The van der Waals surface area contributed by atoms with Gasteiger partial charge in [-0.15, -0.1) is 0 Å². The molecule has 1 atom stereocenters. The van der Waals surface area contributed by atoms with Crippen LogP contribution in [0.4, 0.5) is 0 Å². The van der Waals surface area contributed by atoms with Gasteiger partial charge in [0.1, 0.15) is 0 Å². The van der Waals surface area contributed by atoms with Crippen LogP contribution in [0.3, 0.4) is 0 Å². The Bertz CT molecular complexity index is 1000. The monoisotopic (exact) mass is 402 g/mol. The lowest BCUT2D eigenvalue weighted by molar-refractivity contribution is -0.127. The molecule has 3 heteroatoms. The van der Waals surface area contributed by atoms with Crippen molar-refractivity contribution < 1.29 is 4.79 Å². The third-order valence-electron chi connectivity index (χ3n) is 6.98. The molecule has 3 nitrogen and oxygen atoms in total. The van der Waals surface area contributed by atoms with E-state index in [1.807, 2.05) is 11.1 Å². The molecule has 0 bridgehead atoms. The van der Waals surface area contributed by atoms with E-state index in [9.17, 15) is 4.79 Å². The molecule has 30 heavy (non-hydrogen) atoms. The maximum absolute atomic E-state index is 12.7. The number of hydrogen-bond donors (Lipinski definition) is 0. The quantitative estimate of drug-likeness (QED) is 0.683. The molecule has 2 aromatic rings. The Hall–Kier alpha value is -2.39. The van der Waals surface area contributed by atoms with Crippen molar-refractivity contribution in [1.29, 1.82) is 0 Å². The van der Waals surface area contributed by atoms with Crippen molar-refractivity contribution in [2.75, 3.05) is 26.7 Å². The maximum Gasteiger partial charge on any atom is 0.230 e. The summed E-state index contributed by atoms with van der Waals surface area (Å²) in [7, 11) is 2.21. The van der Waals surface area contributed by atoms with Crippen LogP contribution in [0.1, 0.15) is 56.8 Å². The summed E-state index contributed by atoms with van der Waals surface area (Å²) >= 11 is 0. The van der Waals surface area contributed by atoms with Crippen LogP contribution in [0.5, 0.6) is 0 Å². The molecule has 0 radical (unpaired) electrons. The van der Waals surface area contributed by atoms with Gasteiger partial charge in [0, 0.05) is 25.2 Å². The number of fused-ring (bicyclic) bond motifs is 2. The van der Waals surface area contributed by atoms with Gasteiger partial charge in [-0.25, -0.2) is 0 Å². The number of benzene rings is 2. The Labute approximate surface area is 181 Å². The van der Waals surface area contributed by atoms with Crippen molar-refractivity contribution in [2.45, 2.75) is 52.9 Å². The van der Waals surface area contributed by atoms with Crippen molar-refractivity contribution >= 4 is 12.0 Å². The van der Waals surface area contributed by atoms with Gasteiger partial charge in [0.05, 0.1) is 6.42 Å². The summed E-state index contributed by atoms with van der Waals surface area (Å²) in [5.41, 5.74) is 10.7. The zero-order valence-corrected chi connectivity index (χ0v) is 19.1. The minimum absolute atomic E-state index is 0.203. The Morgan fingerprint density at radius 1 is 0.967 bits per heavy atom. The summed E-state index contributed by atoms with van der Waals surface area (Å²) in [5.74, 6) is 0.861. The van der Waals surface area contributed by atoms with Crippen LogP contribution in [0.25, 0.3) is 6.08 Å². The fraction of sp³-hybridized carbons (Fsp3) is 0.444. The number of nitrogens with zero attached hydrogens (tertiary/aromatic N) is 2. The second kappa shape index (κ2) is 8.39. The average molecular weight is 403 g/mol. The standard InChI is InChI=1S/C27H34N2O/c1-18-11-22-7-10-29(27(30)16-23(22)12-19(18)2)9-6-8-28(5)17-25-15-24-13-20(3)21(4)14-26(24)25/h7,10-14,25H,6,8-9,15-17H2,1-5H3/t25-/m1/s1. The van der Waals surface area contributed by atoms with Crippen LogP contribution < -0.4 is 0 Å². The van der Waals surface area contributed by atoms with E-state index < -0.39 is 0 Å². The summed E-state index contributed by atoms with van der Waals surface area (Å²) in [5, 5.41) is 0. The van der Waals surface area contributed by atoms with Crippen LogP contribution >= 0.6 is 0 Å². The first kappa shape index (κ1) is 20.9. The number of carbonyl (C=O) groups is 1. The van der Waals surface area contributed by atoms with E-state index >= 15 is 0 Å². The van der Waals surface area contributed by atoms with Crippen molar-refractivity contribution in [3.05, 3.63) is 75.0 Å². The number of likely N-dealkylation sites (N-methyl/N-ethyl adjacent to an activating group) is 1. The maximum atomic E-state index is 12.7. The molecule has 2 aromatic carbocycles. The Balaban J connectivity index is 1.29. The largest absolute Gasteiger partial charge is 0.319 e. The minimum atomic E-state index is 0.203. The van der Waals surface area contributed by atoms with Crippen molar-refractivity contribution in [2.24, 2.45) is 0 Å². The van der Waals surface area contributed by atoms with E-state index in [0.717, 1.165) is 31.6 Å². The molecule has 0 N–H and O–H groups in total. The van der Waals surface area contributed by atoms with Crippen molar-refractivity contribution in [3.63, 3.8) is 0 Å². The summed E-state index contributed by atoms with van der Waals surface area (Å²) in [6.45, 7) is 11.6. The molecule has 1 aliphatic heterocycles. The zero-order valence-electron chi connectivity index (χ0n) is 19.1. The predicted molar refractivity (Wildman–Crippen MR) is 125 cm³/mol. The van der Waals surface area contributed by atoms with Gasteiger partial charge in [0.25, 0.3) is 0 Å². The Morgan fingerprint density at radius 2 is 1.63 bits per heavy atom. The first-order chi connectivity index (χ1) is 14.3. The van der Waals surface area contributed by atoms with E-state index in [0.29, 0.717) is 12.3 Å². The molecule has 1 amide bonds. The van der Waals surface area contributed by atoms with Gasteiger partial charge >= 0.3 is 0 Å². The van der Waals surface area contributed by atoms with Crippen molar-refractivity contribution in [3.8, 4) is 0 Å². The fourth-order valence-electron chi connectivity index (χ4n) is 4.76. The minimum Gasteiger partial charge on any atom is -0.319 e. The number of rotatable bonds is 6. The molecule has 2 aliphatic rings. The van der Waals surface area contributed by atoms with E-state index in [-0.39, 0.29) is 5.91 Å². The topological polar surface area (TPSA) is 23.6 Å². The Morgan fingerprint density at radius 3 is 2.40 bits per heavy atom. The summed E-state index contributed by atoms with van der Waals surface area (Å²) in [6.07, 6.45) is 6.78. The molecule has 0 spiro atoms. The van der Waals surface area contributed by atoms with Crippen LogP contribution in [-0.4, -0.2) is 42.4 Å². The first-order valence-corrected chi connectivity index (χ1v) is 11.2. The van der Waals surface area contributed by atoms with Gasteiger partial charge in [-0.3, -0.25) is 4.79 Å². The van der Waals surface area contributed by atoms with Gasteiger partial charge in [-0.05, 0) is 105 Å². The second-order valence-corrected chi connectivity index (χ2v) is 9.37. The second-order valence-electron chi connectivity index (χ2n) is 9.37. The lowest BCUT2D eigenvalue weighted by atomic mass is 9.75. The highest BCUT2D eigenvalue weighted by Crippen LogP contribution is 2.37. The summed E-state index contributed by atoms with van der Waals surface area (Å²) < 4.78 is 0. The molecule has 0 saturated carbocycles. The van der Waals surface area contributed by atoms with Gasteiger partial charge in [-0.2, -0.15) is 0 Å². The highest BCUT2D eigenvalue weighted by atomic mass is 16.2. The van der Waals surface area contributed by atoms with Crippen LogP contribution in [0.15, 0.2) is 30.5 Å².